The molecule has 1 N–H and O–H groups in total. The van der Waals surface area contributed by atoms with Gasteiger partial charge in [-0.2, -0.15) is 5.10 Å². The Morgan fingerprint density at radius 1 is 1.09 bits per heavy atom. The largest absolute Gasteiger partial charge is 0.496 e. The first kappa shape index (κ1) is 21.8. The number of benzene rings is 3. The number of carbonyl (C=O) groups excluding carboxylic acids is 1. The summed E-state index contributed by atoms with van der Waals surface area (Å²) in [6, 6.07) is 22.1. The van der Waals surface area contributed by atoms with E-state index in [1.165, 1.54) is 18.2 Å². The zero-order valence-corrected chi connectivity index (χ0v) is 19.8. The fourth-order valence-electron chi connectivity index (χ4n) is 3.77. The highest BCUT2D eigenvalue weighted by Crippen LogP contribution is 2.26. The maximum Gasteiger partial charge on any atom is 0.275 e. The van der Waals surface area contributed by atoms with E-state index in [2.05, 4.69) is 81.3 Å². The lowest BCUT2D eigenvalue weighted by molar-refractivity contribution is 0.0952. The molecule has 0 aliphatic heterocycles. The highest BCUT2D eigenvalue weighted by molar-refractivity contribution is 9.10. The summed E-state index contributed by atoms with van der Waals surface area (Å²) in [5, 5.41) is 5.35. The Bertz CT molecular complexity index is 1310. The van der Waals surface area contributed by atoms with Crippen molar-refractivity contribution in [2.45, 2.75) is 20.4 Å². The van der Waals surface area contributed by atoms with Crippen LogP contribution >= 0.6 is 15.9 Å². The summed E-state index contributed by atoms with van der Waals surface area (Å²) in [4.78, 5) is 12.7. The lowest BCUT2D eigenvalue weighted by Crippen LogP contribution is -2.18. The number of nitrogens with zero attached hydrogens (tertiary/aromatic N) is 2. The summed E-state index contributed by atoms with van der Waals surface area (Å²) in [5.41, 5.74) is 8.72. The topological polar surface area (TPSA) is 55.6 Å². The summed E-state index contributed by atoms with van der Waals surface area (Å²) < 4.78 is 8.37. The smallest absolute Gasteiger partial charge is 0.275 e. The average molecular weight is 490 g/mol. The Balaban J connectivity index is 1.63. The van der Waals surface area contributed by atoms with Crippen LogP contribution < -0.4 is 10.2 Å². The molecular weight excluding hydrogens is 466 g/mol. The number of hydrogen-bond acceptors (Lipinski definition) is 3. The van der Waals surface area contributed by atoms with Crippen molar-refractivity contribution in [3.05, 3.63) is 99.2 Å². The van der Waals surface area contributed by atoms with E-state index in [0.29, 0.717) is 11.3 Å². The van der Waals surface area contributed by atoms with E-state index in [1.807, 2.05) is 18.2 Å². The van der Waals surface area contributed by atoms with Crippen molar-refractivity contribution < 1.29 is 9.53 Å². The Morgan fingerprint density at radius 2 is 1.84 bits per heavy atom. The SMILES string of the molecule is COc1ccc(Br)cc1C(=O)N/N=C\c1c(C)n(Cc2ccc(C)cc2)c2ccccc12. The van der Waals surface area contributed by atoms with Crippen LogP contribution in [0.4, 0.5) is 0 Å². The summed E-state index contributed by atoms with van der Waals surface area (Å²) in [6.45, 7) is 4.93. The van der Waals surface area contributed by atoms with Gasteiger partial charge in [-0.3, -0.25) is 4.79 Å². The molecule has 0 aliphatic rings. The van der Waals surface area contributed by atoms with Crippen LogP contribution in [0.1, 0.15) is 32.7 Å². The predicted octanol–water partition coefficient (Wildman–Crippen LogP) is 5.84. The van der Waals surface area contributed by atoms with E-state index in [9.17, 15) is 4.79 Å². The first-order valence-corrected chi connectivity index (χ1v) is 11.1. The maximum absolute atomic E-state index is 12.7. The molecule has 1 aromatic heterocycles. The number of aromatic nitrogens is 1. The van der Waals surface area contributed by atoms with E-state index in [1.54, 1.807) is 18.3 Å². The molecule has 0 saturated heterocycles. The van der Waals surface area contributed by atoms with Gasteiger partial charge in [-0.25, -0.2) is 5.43 Å². The number of halogens is 1. The van der Waals surface area contributed by atoms with Gasteiger partial charge in [-0.1, -0.05) is 64.0 Å². The molecule has 5 nitrogen and oxygen atoms in total. The Labute approximate surface area is 195 Å². The minimum atomic E-state index is -0.333. The van der Waals surface area contributed by atoms with Gasteiger partial charge < -0.3 is 9.30 Å². The molecule has 0 saturated carbocycles. The molecule has 0 spiro atoms. The minimum Gasteiger partial charge on any atom is -0.496 e. The van der Waals surface area contributed by atoms with Gasteiger partial charge in [0.2, 0.25) is 0 Å². The fraction of sp³-hybridized carbons (Fsp3) is 0.154. The molecule has 3 aromatic carbocycles. The third-order valence-electron chi connectivity index (χ3n) is 5.51. The molecule has 1 amide bonds. The monoisotopic (exact) mass is 489 g/mol. The second-order valence-electron chi connectivity index (χ2n) is 7.63. The number of carbonyl (C=O) groups is 1. The number of nitrogens with one attached hydrogen (secondary N) is 1. The zero-order valence-electron chi connectivity index (χ0n) is 18.2. The standard InChI is InChI=1S/C26H24BrN3O2/c1-17-8-10-19(11-9-17)16-30-18(2)23(21-6-4-5-7-24(21)30)15-28-29-26(31)22-14-20(27)12-13-25(22)32-3/h4-15H,16H2,1-3H3,(H,29,31)/b28-15-. The van der Waals surface area contributed by atoms with E-state index in [-0.39, 0.29) is 5.91 Å². The van der Waals surface area contributed by atoms with Crippen LogP contribution in [0.2, 0.25) is 0 Å². The van der Waals surface area contributed by atoms with Gasteiger partial charge in [0, 0.05) is 33.2 Å². The van der Waals surface area contributed by atoms with Gasteiger partial charge in [0.25, 0.3) is 5.91 Å². The van der Waals surface area contributed by atoms with Crippen LogP contribution in [0.15, 0.2) is 76.3 Å². The summed E-state index contributed by atoms with van der Waals surface area (Å²) >= 11 is 3.39. The Morgan fingerprint density at radius 3 is 2.59 bits per heavy atom. The molecule has 162 valence electrons. The number of ether oxygens (including phenoxy) is 1. The minimum absolute atomic E-state index is 0.333. The quantitative estimate of drug-likeness (QED) is 0.273. The van der Waals surface area contributed by atoms with Gasteiger partial charge >= 0.3 is 0 Å². The number of amides is 1. The number of para-hydroxylation sites is 1. The van der Waals surface area contributed by atoms with Crippen molar-refractivity contribution in [3.63, 3.8) is 0 Å². The maximum atomic E-state index is 12.7. The van der Waals surface area contributed by atoms with E-state index in [0.717, 1.165) is 33.2 Å². The lowest BCUT2D eigenvalue weighted by atomic mass is 10.1. The van der Waals surface area contributed by atoms with Crippen LogP contribution in [0.25, 0.3) is 10.9 Å². The molecule has 0 radical (unpaired) electrons. The predicted molar refractivity (Wildman–Crippen MR) is 133 cm³/mol. The first-order valence-electron chi connectivity index (χ1n) is 10.3. The van der Waals surface area contributed by atoms with Crippen molar-refractivity contribution in [1.29, 1.82) is 0 Å². The van der Waals surface area contributed by atoms with Crippen molar-refractivity contribution >= 4 is 39.0 Å². The van der Waals surface area contributed by atoms with Crippen LogP contribution in [0.5, 0.6) is 5.75 Å². The summed E-state index contributed by atoms with van der Waals surface area (Å²) in [6.07, 6.45) is 1.71. The Kier molecular flexibility index (Phi) is 6.42. The van der Waals surface area contributed by atoms with Crippen LogP contribution in [-0.4, -0.2) is 23.8 Å². The zero-order chi connectivity index (χ0) is 22.7. The number of methoxy groups -OCH3 is 1. The number of hydrazone groups is 1. The highest BCUT2D eigenvalue weighted by atomic mass is 79.9. The number of fused-ring (bicyclic) bond motifs is 1. The molecule has 4 aromatic rings. The molecule has 4 rings (SSSR count). The summed E-state index contributed by atoms with van der Waals surface area (Å²) in [5.74, 6) is 0.159. The fourth-order valence-corrected chi connectivity index (χ4v) is 4.13. The van der Waals surface area contributed by atoms with E-state index < -0.39 is 0 Å². The number of rotatable bonds is 6. The van der Waals surface area contributed by atoms with Gasteiger partial charge in [0.15, 0.2) is 0 Å². The molecular formula is C26H24BrN3O2. The van der Waals surface area contributed by atoms with Crippen LogP contribution in [-0.2, 0) is 6.54 Å². The molecule has 0 bridgehead atoms. The van der Waals surface area contributed by atoms with Crippen LogP contribution in [0.3, 0.4) is 0 Å². The third kappa shape index (κ3) is 4.46. The molecule has 0 fully saturated rings. The third-order valence-corrected chi connectivity index (χ3v) is 6.00. The van der Waals surface area contributed by atoms with Crippen LogP contribution in [0, 0.1) is 13.8 Å². The second-order valence-corrected chi connectivity index (χ2v) is 8.55. The molecule has 6 heteroatoms. The van der Waals surface area contributed by atoms with Crippen molar-refractivity contribution in [1.82, 2.24) is 9.99 Å². The van der Waals surface area contributed by atoms with Crippen molar-refractivity contribution in [3.8, 4) is 5.75 Å². The second kappa shape index (κ2) is 9.40. The normalized spacial score (nSPS) is 11.2. The molecule has 32 heavy (non-hydrogen) atoms. The van der Waals surface area contributed by atoms with Crippen molar-refractivity contribution in [2.24, 2.45) is 5.10 Å². The number of hydrogen-bond donors (Lipinski definition) is 1. The van der Waals surface area contributed by atoms with E-state index in [4.69, 9.17) is 4.74 Å². The molecule has 0 atom stereocenters. The van der Waals surface area contributed by atoms with E-state index >= 15 is 0 Å². The molecule has 0 unspecified atom stereocenters. The Hall–Kier alpha value is -3.38. The lowest BCUT2D eigenvalue weighted by Gasteiger charge is -2.09. The summed E-state index contributed by atoms with van der Waals surface area (Å²) in [7, 11) is 1.54. The highest BCUT2D eigenvalue weighted by Gasteiger charge is 2.14. The average Bonchev–Trinajstić information content (AvgIpc) is 3.06. The molecule has 1 heterocycles. The van der Waals surface area contributed by atoms with Gasteiger partial charge in [0.05, 0.1) is 18.9 Å². The van der Waals surface area contributed by atoms with Gasteiger partial charge in [-0.15, -0.1) is 0 Å². The first-order chi connectivity index (χ1) is 15.5. The molecule has 0 aliphatic carbocycles. The van der Waals surface area contributed by atoms with Gasteiger partial charge in [-0.05, 0) is 43.7 Å². The van der Waals surface area contributed by atoms with Crippen molar-refractivity contribution in [2.75, 3.05) is 7.11 Å². The number of aryl methyl sites for hydroxylation is 1. The van der Waals surface area contributed by atoms with Gasteiger partial charge in [0.1, 0.15) is 5.75 Å².